The monoisotopic (exact) mass is 1130 g/mol. The summed E-state index contributed by atoms with van der Waals surface area (Å²) in [5.41, 5.74) is 6.14. The third-order valence-electron chi connectivity index (χ3n) is 8.36. The van der Waals surface area contributed by atoms with Crippen LogP contribution in [0.5, 0.6) is 11.5 Å². The normalized spacial score (nSPS) is 10.4. The Labute approximate surface area is 480 Å². The van der Waals surface area contributed by atoms with Gasteiger partial charge in [0.2, 0.25) is 12.8 Å². The molecule has 0 radical (unpaired) electrons. The van der Waals surface area contributed by atoms with Gasteiger partial charge in [0.25, 0.3) is 16.6 Å². The fourth-order valence-electron chi connectivity index (χ4n) is 5.70. The van der Waals surface area contributed by atoms with Crippen molar-refractivity contribution in [3.8, 4) is 11.5 Å². The van der Waals surface area contributed by atoms with E-state index in [1.165, 1.54) is 12.1 Å². The number of aryl methyl sites for hydroxylation is 1. The second-order valence-corrected chi connectivity index (χ2v) is 14.1. The molecule has 7 aromatic rings. The van der Waals surface area contributed by atoms with Gasteiger partial charge in [0.05, 0.1) is 49.0 Å². The zero-order chi connectivity index (χ0) is 44.0. The van der Waals surface area contributed by atoms with E-state index in [1.54, 1.807) is 24.3 Å². The van der Waals surface area contributed by atoms with Crippen molar-refractivity contribution in [1.82, 2.24) is 9.97 Å². The van der Waals surface area contributed by atoms with Gasteiger partial charge in [-0.3, -0.25) is 18.6 Å². The Kier molecular flexibility index (Phi) is 27.5. The van der Waals surface area contributed by atoms with E-state index in [-0.39, 0.29) is 183 Å². The fourth-order valence-corrected chi connectivity index (χ4v) is 6.59. The molecule has 16 nitrogen and oxygen atoms in total. The minimum Gasteiger partial charge on any atom is -1.00 e. The second kappa shape index (κ2) is 30.6. The van der Waals surface area contributed by atoms with Gasteiger partial charge in [-0.15, -0.1) is 0 Å². The number of fused-ring (bicyclic) bond motifs is 6. The van der Waals surface area contributed by atoms with E-state index in [2.05, 4.69) is 25.5 Å². The number of hydrogen-bond donors (Lipinski definition) is 5. The van der Waals surface area contributed by atoms with Crippen LogP contribution in [0.15, 0.2) is 102 Å². The third-order valence-corrected chi connectivity index (χ3v) is 9.68. The molecule has 2 aromatic heterocycles. The molecule has 326 valence electrons. The quantitative estimate of drug-likeness (QED) is 0.0253. The molecule has 0 aliphatic carbocycles. The van der Waals surface area contributed by atoms with E-state index in [4.69, 9.17) is 28.4 Å². The third kappa shape index (κ3) is 18.3. The van der Waals surface area contributed by atoms with Gasteiger partial charge >= 0.3 is 138 Å². The number of phenols is 1. The number of amides is 2. The predicted molar refractivity (Wildman–Crippen MR) is 224 cm³/mol. The summed E-state index contributed by atoms with van der Waals surface area (Å²) in [4.78, 5) is 38.8. The Bertz CT molecular complexity index is 2610. The summed E-state index contributed by atoms with van der Waals surface area (Å²) in [7, 11) is -3.74. The Morgan fingerprint density at radius 2 is 1.11 bits per heavy atom. The van der Waals surface area contributed by atoms with Crippen molar-refractivity contribution in [3.63, 3.8) is 0 Å². The summed E-state index contributed by atoms with van der Waals surface area (Å²) in [6.45, 7) is 1.32. The molecule has 0 spiro atoms. The molecule has 0 saturated heterocycles. The van der Waals surface area contributed by atoms with Crippen LogP contribution in [0.1, 0.15) is 6.99 Å². The average molecular weight is 1130 g/mol. The zero-order valence-electron chi connectivity index (χ0n) is 35.7. The summed E-state index contributed by atoms with van der Waals surface area (Å²) >= 11 is 0. The number of benzene rings is 5. The number of anilines is 2. The number of carbonyl (C=O) groups is 3. The minimum absolute atomic E-state index is 0. The van der Waals surface area contributed by atoms with E-state index < -0.39 is 23.5 Å². The minimum atomic E-state index is -3.74. The topological polar surface area (TPSA) is 230 Å². The smallest absolute Gasteiger partial charge is 1.00 e. The van der Waals surface area contributed by atoms with Crippen LogP contribution in [-0.4, -0.2) is 95.8 Å². The van der Waals surface area contributed by atoms with Crippen LogP contribution >= 0.6 is 0 Å². The average Bonchev–Trinajstić information content (AvgIpc) is 3.80. The maximum Gasteiger partial charge on any atom is 1.00 e. The molecule has 0 unspecified atom stereocenters. The number of H-pyrrole nitrogens is 2. The summed E-state index contributed by atoms with van der Waals surface area (Å²) < 4.78 is 66.9. The first kappa shape index (κ1) is 56.6. The van der Waals surface area contributed by atoms with Crippen LogP contribution in [0.25, 0.3) is 43.6 Å². The van der Waals surface area contributed by atoms with Crippen LogP contribution in [0.4, 0.5) is 20.2 Å². The standard InChI is InChI=1S/C17H17FN2O3.C13H10N2O2.C11H15FO4S.CH2O3.2Cs.H/c18-5-6-22-7-8-23-13-2-4-15-14-3-1-12(19-11-21)9-16(14)20-17(15)10-13;16-7-14-8-1-3-10-11-4-2-9(17)6-13(11)15-12(10)5-8;1-10-2-4-11(5-3-10)17(13,14)16-9-8-15-7-6-12;2-1-4-3;;;/h1-4,9-11,20H,5-8H2,(H,19,21);1-7,15,17H,(H,14,16);2-5H,6-9H2,1H3;1,3H;;;/q;;;;2*+1;-1/p-1. The first-order valence-electron chi connectivity index (χ1n) is 18.4. The number of halogens is 2. The second-order valence-electron chi connectivity index (χ2n) is 12.5. The van der Waals surface area contributed by atoms with Crippen molar-refractivity contribution in [1.29, 1.82) is 0 Å². The number of nitrogens with one attached hydrogen (secondary N) is 4. The summed E-state index contributed by atoms with van der Waals surface area (Å²) in [5, 5.41) is 27.4. The molecular weight excluding hydrogens is 1090 g/mol. The van der Waals surface area contributed by atoms with Crippen LogP contribution in [-0.2, 0) is 43.0 Å². The molecule has 0 aliphatic rings. The van der Waals surface area contributed by atoms with Crippen molar-refractivity contribution >= 4 is 84.4 Å². The van der Waals surface area contributed by atoms with Gasteiger partial charge in [0.15, 0.2) is 0 Å². The van der Waals surface area contributed by atoms with E-state index >= 15 is 0 Å². The SMILES string of the molecule is Cc1ccc(S(=O)(=O)OCCOCCF)cc1.O=CNc1ccc2c(c1)[nH]c1cc(O)ccc12.O=CNc1ccc2c(c1)[nH]c1cc(OCCOCCF)ccc12.O=CO[O-].[Cs+].[Cs+].[H-]. The molecule has 5 N–H and O–H groups in total. The van der Waals surface area contributed by atoms with E-state index in [1.807, 2.05) is 67.6 Å². The Morgan fingerprint density at radius 1 is 0.651 bits per heavy atom. The summed E-state index contributed by atoms with van der Waals surface area (Å²) in [6, 6.07) is 28.7. The van der Waals surface area contributed by atoms with Crippen molar-refractivity contribution in [2.45, 2.75) is 11.8 Å². The van der Waals surface area contributed by atoms with Crippen molar-refractivity contribution in [3.05, 3.63) is 103 Å². The largest absolute Gasteiger partial charge is 1.00 e. The number of ether oxygens (including phenoxy) is 3. The fraction of sp³-hybridized carbons (Fsp3) is 0.214. The molecule has 2 heterocycles. The molecular formula is C42H44Cs2F2N4O12S. The first-order valence-corrected chi connectivity index (χ1v) is 19.8. The Balaban J connectivity index is 0.000000456. The number of rotatable bonds is 18. The molecule has 21 heteroatoms. The summed E-state index contributed by atoms with van der Waals surface area (Å²) in [5.74, 6) is 0.953. The molecule has 7 rings (SSSR count). The number of aromatic hydroxyl groups is 1. The van der Waals surface area contributed by atoms with Gasteiger partial charge in [0, 0.05) is 56.1 Å². The maximum atomic E-state index is 11.9. The molecule has 0 aliphatic heterocycles. The van der Waals surface area contributed by atoms with Crippen LogP contribution < -0.4 is 158 Å². The van der Waals surface area contributed by atoms with E-state index in [0.717, 1.165) is 66.3 Å². The van der Waals surface area contributed by atoms with Crippen LogP contribution in [0.3, 0.4) is 0 Å². The zero-order valence-corrected chi connectivity index (χ0v) is 48.1. The summed E-state index contributed by atoms with van der Waals surface area (Å²) in [6.07, 6.45) is 1.30. The van der Waals surface area contributed by atoms with Gasteiger partial charge in [-0.05, 0) is 67.6 Å². The first-order chi connectivity index (χ1) is 29.6. The molecule has 0 bridgehead atoms. The number of phenolic OH excluding ortho intramolecular Hbond substituents is 1. The maximum absolute atomic E-state index is 11.9. The van der Waals surface area contributed by atoms with Gasteiger partial charge in [-0.2, -0.15) is 8.42 Å². The van der Waals surface area contributed by atoms with Crippen molar-refractivity contribution in [2.24, 2.45) is 0 Å². The number of alkyl halides is 2. The molecule has 2 amide bonds. The molecule has 0 fully saturated rings. The molecule has 5 aromatic carbocycles. The van der Waals surface area contributed by atoms with Crippen molar-refractivity contribution in [2.75, 3.05) is 63.6 Å². The van der Waals surface area contributed by atoms with Gasteiger partial charge < -0.3 is 51.5 Å². The van der Waals surface area contributed by atoms with E-state index in [9.17, 15) is 31.9 Å². The Hall–Kier alpha value is -2.54. The molecule has 0 saturated carbocycles. The molecule has 0 atom stereocenters. The van der Waals surface area contributed by atoms with Gasteiger partial charge in [-0.1, -0.05) is 29.8 Å². The number of aromatic amines is 2. The van der Waals surface area contributed by atoms with E-state index in [0.29, 0.717) is 26.0 Å². The van der Waals surface area contributed by atoms with Gasteiger partial charge in [0.1, 0.15) is 31.5 Å². The van der Waals surface area contributed by atoms with Crippen molar-refractivity contribution < 1.29 is 204 Å². The van der Waals surface area contributed by atoms with Crippen LogP contribution in [0, 0.1) is 6.92 Å². The van der Waals surface area contributed by atoms with Crippen LogP contribution in [0.2, 0.25) is 0 Å². The number of aromatic nitrogens is 2. The number of hydrogen-bond acceptors (Lipinski definition) is 12. The predicted octanol–water partition coefficient (Wildman–Crippen LogP) is 0.0909. The van der Waals surface area contributed by atoms with Gasteiger partial charge in [-0.25, -0.2) is 8.78 Å². The number of carbonyl (C=O) groups excluding carboxylic acids is 3. The molecule has 63 heavy (non-hydrogen) atoms. The Morgan fingerprint density at radius 3 is 1.60 bits per heavy atom.